The Balaban J connectivity index is 1.48. The molecule has 0 radical (unpaired) electrons. The predicted molar refractivity (Wildman–Crippen MR) is 142 cm³/mol. The summed E-state index contributed by atoms with van der Waals surface area (Å²) in [4.78, 5) is 33.3. The first kappa shape index (κ1) is 22.9. The Morgan fingerprint density at radius 3 is 2.14 bits per heavy atom. The minimum absolute atomic E-state index is 0.300. The number of nitrogens with one attached hydrogen (secondary N) is 1. The van der Waals surface area contributed by atoms with Gasteiger partial charge >= 0.3 is 0 Å². The van der Waals surface area contributed by atoms with Gasteiger partial charge in [0.1, 0.15) is 5.70 Å². The van der Waals surface area contributed by atoms with Gasteiger partial charge in [0, 0.05) is 37.6 Å². The van der Waals surface area contributed by atoms with Gasteiger partial charge in [0.15, 0.2) is 0 Å². The van der Waals surface area contributed by atoms with Crippen LogP contribution in [0.5, 0.6) is 0 Å². The van der Waals surface area contributed by atoms with Crippen molar-refractivity contribution in [2.75, 3.05) is 48.3 Å². The summed E-state index contributed by atoms with van der Waals surface area (Å²) >= 11 is 0. The van der Waals surface area contributed by atoms with Gasteiger partial charge in [0.05, 0.1) is 11.3 Å². The fourth-order valence-corrected chi connectivity index (χ4v) is 4.66. The zero-order valence-electron chi connectivity index (χ0n) is 20.4. The molecule has 0 saturated carbocycles. The van der Waals surface area contributed by atoms with E-state index in [-0.39, 0.29) is 11.8 Å². The predicted octanol–water partition coefficient (Wildman–Crippen LogP) is 4.45. The molecule has 2 heterocycles. The van der Waals surface area contributed by atoms with Gasteiger partial charge in [0.2, 0.25) is 0 Å². The summed E-state index contributed by atoms with van der Waals surface area (Å²) in [7, 11) is 2.14. The maximum absolute atomic E-state index is 13.7. The molecule has 3 aromatic carbocycles. The number of nitrogens with zero attached hydrogens (tertiary/aromatic N) is 3. The standard InChI is InChI=1S/C29H30N4O2/c1-20-9-10-21(2)25(19-20)33-28(34)26(22-7-5-4-6-8-22)27(29(33)35)30-23-11-13-24(14-12-23)32-17-15-31(3)16-18-32/h4-14,19,30H,15-18H2,1-3H3. The Morgan fingerprint density at radius 1 is 0.771 bits per heavy atom. The highest BCUT2D eigenvalue weighted by atomic mass is 16.2. The van der Waals surface area contributed by atoms with E-state index in [9.17, 15) is 9.59 Å². The van der Waals surface area contributed by atoms with E-state index in [4.69, 9.17) is 0 Å². The van der Waals surface area contributed by atoms with Gasteiger partial charge in [-0.2, -0.15) is 0 Å². The second kappa shape index (κ2) is 9.39. The van der Waals surface area contributed by atoms with Crippen molar-refractivity contribution in [3.8, 4) is 0 Å². The summed E-state index contributed by atoms with van der Waals surface area (Å²) in [5.41, 5.74) is 5.83. The Morgan fingerprint density at radius 2 is 1.46 bits per heavy atom. The third-order valence-corrected chi connectivity index (χ3v) is 6.76. The van der Waals surface area contributed by atoms with E-state index in [1.165, 1.54) is 4.90 Å². The average Bonchev–Trinajstić information content (AvgIpc) is 3.11. The number of aryl methyl sites for hydroxylation is 2. The number of hydrogen-bond acceptors (Lipinski definition) is 5. The number of rotatable bonds is 5. The van der Waals surface area contributed by atoms with Crippen LogP contribution in [0.3, 0.4) is 0 Å². The summed E-state index contributed by atoms with van der Waals surface area (Å²) in [6.45, 7) is 7.94. The van der Waals surface area contributed by atoms with Crippen molar-refractivity contribution in [2.45, 2.75) is 13.8 Å². The fourth-order valence-electron chi connectivity index (χ4n) is 4.66. The third kappa shape index (κ3) is 4.45. The van der Waals surface area contributed by atoms with Crippen LogP contribution in [0.25, 0.3) is 5.57 Å². The molecule has 6 heteroatoms. The second-order valence-electron chi connectivity index (χ2n) is 9.31. The molecule has 0 spiro atoms. The van der Waals surface area contributed by atoms with E-state index in [1.54, 1.807) is 0 Å². The highest BCUT2D eigenvalue weighted by molar-refractivity contribution is 6.46. The molecular formula is C29H30N4O2. The minimum atomic E-state index is -0.342. The Labute approximate surface area is 206 Å². The molecule has 0 unspecified atom stereocenters. The Bertz CT molecular complexity index is 1290. The molecule has 35 heavy (non-hydrogen) atoms. The summed E-state index contributed by atoms with van der Waals surface area (Å²) in [5.74, 6) is -0.655. The number of anilines is 3. The van der Waals surface area contributed by atoms with Gasteiger partial charge in [-0.25, -0.2) is 4.90 Å². The molecule has 3 aromatic rings. The van der Waals surface area contributed by atoms with Crippen LogP contribution in [-0.2, 0) is 9.59 Å². The summed E-state index contributed by atoms with van der Waals surface area (Å²) < 4.78 is 0. The lowest BCUT2D eigenvalue weighted by molar-refractivity contribution is -0.120. The lowest BCUT2D eigenvalue weighted by atomic mass is 10.0. The molecule has 2 amide bonds. The number of benzene rings is 3. The fraction of sp³-hybridized carbons (Fsp3) is 0.241. The maximum atomic E-state index is 13.7. The van der Waals surface area contributed by atoms with Crippen molar-refractivity contribution < 1.29 is 9.59 Å². The van der Waals surface area contributed by atoms with Gasteiger partial charge in [-0.15, -0.1) is 0 Å². The number of hydrogen-bond donors (Lipinski definition) is 1. The molecule has 6 nitrogen and oxygen atoms in total. The monoisotopic (exact) mass is 466 g/mol. The number of amides is 2. The summed E-state index contributed by atoms with van der Waals surface area (Å²) in [6, 6.07) is 23.3. The smallest absolute Gasteiger partial charge is 0.282 e. The molecule has 0 atom stereocenters. The van der Waals surface area contributed by atoms with E-state index in [0.717, 1.165) is 54.2 Å². The van der Waals surface area contributed by atoms with Crippen molar-refractivity contribution in [3.05, 3.63) is 95.2 Å². The molecule has 0 bridgehead atoms. The van der Waals surface area contributed by atoms with Crippen LogP contribution in [0.15, 0.2) is 78.5 Å². The number of carbonyl (C=O) groups is 2. The van der Waals surface area contributed by atoms with Crippen LogP contribution in [0.4, 0.5) is 17.1 Å². The topological polar surface area (TPSA) is 55.9 Å². The molecule has 1 N–H and O–H groups in total. The normalized spacial score (nSPS) is 16.9. The number of likely N-dealkylation sites (N-methyl/N-ethyl adjacent to an activating group) is 1. The quantitative estimate of drug-likeness (QED) is 0.563. The zero-order valence-corrected chi connectivity index (χ0v) is 20.4. The van der Waals surface area contributed by atoms with Gasteiger partial charge in [-0.3, -0.25) is 9.59 Å². The van der Waals surface area contributed by atoms with Crippen LogP contribution >= 0.6 is 0 Å². The lowest BCUT2D eigenvalue weighted by Gasteiger charge is -2.34. The molecule has 178 valence electrons. The molecule has 0 aliphatic carbocycles. The molecule has 1 fully saturated rings. The van der Waals surface area contributed by atoms with Crippen molar-refractivity contribution >= 4 is 34.4 Å². The van der Waals surface area contributed by atoms with Crippen molar-refractivity contribution in [2.24, 2.45) is 0 Å². The number of piperazine rings is 1. The molecule has 0 aromatic heterocycles. The molecule has 1 saturated heterocycles. The third-order valence-electron chi connectivity index (χ3n) is 6.76. The molecular weight excluding hydrogens is 436 g/mol. The van der Waals surface area contributed by atoms with Gasteiger partial charge in [0.25, 0.3) is 11.8 Å². The molecule has 2 aliphatic heterocycles. The lowest BCUT2D eigenvalue weighted by Crippen LogP contribution is -2.44. The van der Waals surface area contributed by atoms with Crippen LogP contribution in [0.1, 0.15) is 16.7 Å². The SMILES string of the molecule is Cc1ccc(C)c(N2C(=O)C(Nc3ccc(N4CCN(C)CC4)cc3)=C(c3ccccc3)C2=O)c1. The average molecular weight is 467 g/mol. The van der Waals surface area contributed by atoms with Crippen molar-refractivity contribution in [1.29, 1.82) is 0 Å². The highest BCUT2D eigenvalue weighted by Crippen LogP contribution is 2.35. The van der Waals surface area contributed by atoms with E-state index < -0.39 is 0 Å². The van der Waals surface area contributed by atoms with Gasteiger partial charge < -0.3 is 15.1 Å². The second-order valence-corrected chi connectivity index (χ2v) is 9.31. The summed E-state index contributed by atoms with van der Waals surface area (Å²) in [5, 5.41) is 3.28. The molecule has 5 rings (SSSR count). The van der Waals surface area contributed by atoms with Gasteiger partial charge in [-0.05, 0) is 67.9 Å². The first-order chi connectivity index (χ1) is 16.9. The van der Waals surface area contributed by atoms with Crippen LogP contribution in [0.2, 0.25) is 0 Å². The minimum Gasteiger partial charge on any atom is -0.369 e. The van der Waals surface area contributed by atoms with Crippen molar-refractivity contribution in [1.82, 2.24) is 4.90 Å². The zero-order chi connectivity index (χ0) is 24.5. The van der Waals surface area contributed by atoms with Gasteiger partial charge in [-0.1, -0.05) is 42.5 Å². The van der Waals surface area contributed by atoms with E-state index in [2.05, 4.69) is 34.3 Å². The largest absolute Gasteiger partial charge is 0.369 e. The Kier molecular flexibility index (Phi) is 6.14. The molecule has 2 aliphatic rings. The van der Waals surface area contributed by atoms with Crippen molar-refractivity contribution in [3.63, 3.8) is 0 Å². The van der Waals surface area contributed by atoms with Crippen LogP contribution < -0.4 is 15.1 Å². The number of carbonyl (C=O) groups excluding carboxylic acids is 2. The Hall–Kier alpha value is -3.90. The van der Waals surface area contributed by atoms with Crippen LogP contribution in [-0.4, -0.2) is 49.9 Å². The van der Waals surface area contributed by atoms with Crippen LogP contribution in [0, 0.1) is 13.8 Å². The maximum Gasteiger partial charge on any atom is 0.282 e. The first-order valence-corrected chi connectivity index (χ1v) is 12.0. The van der Waals surface area contributed by atoms with E-state index >= 15 is 0 Å². The summed E-state index contributed by atoms with van der Waals surface area (Å²) in [6.07, 6.45) is 0. The van der Waals surface area contributed by atoms with E-state index in [1.807, 2.05) is 74.5 Å². The highest BCUT2D eigenvalue weighted by Gasteiger charge is 2.40. The first-order valence-electron chi connectivity index (χ1n) is 12.0. The number of imide groups is 1. The van der Waals surface area contributed by atoms with E-state index in [0.29, 0.717) is 17.0 Å².